The van der Waals surface area contributed by atoms with E-state index in [0.29, 0.717) is 6.42 Å². The lowest BCUT2D eigenvalue weighted by Crippen LogP contribution is -2.39. The van der Waals surface area contributed by atoms with Crippen LogP contribution in [0.5, 0.6) is 5.75 Å². The molecule has 1 unspecified atom stereocenters. The molecule has 36 heavy (non-hydrogen) atoms. The number of nitrogens with zero attached hydrogens (tertiary/aromatic N) is 1. The van der Waals surface area contributed by atoms with Gasteiger partial charge in [0, 0.05) is 12.0 Å². The lowest BCUT2D eigenvalue weighted by Gasteiger charge is -2.29. The lowest BCUT2D eigenvalue weighted by molar-refractivity contribution is -0.903. The molecule has 0 bridgehead atoms. The number of ether oxygens (including phenoxy) is 2. The summed E-state index contributed by atoms with van der Waals surface area (Å²) in [6.45, 7) is 6.38. The van der Waals surface area contributed by atoms with E-state index < -0.39 is 0 Å². The predicted molar refractivity (Wildman–Crippen MR) is 150 cm³/mol. The van der Waals surface area contributed by atoms with E-state index in [1.807, 2.05) is 25.1 Å². The first kappa shape index (κ1) is 29.9. The van der Waals surface area contributed by atoms with Crippen LogP contribution in [-0.4, -0.2) is 43.8 Å². The number of esters is 1. The first-order valence-electron chi connectivity index (χ1n) is 14.1. The SMILES string of the molecule is CCCCCCCCCCc1ccc(OC(C)COC(=O)CCC[N+](C)(C)Cc2ccccc2)cc1. The highest BCUT2D eigenvalue weighted by Gasteiger charge is 2.17. The Morgan fingerprint density at radius 1 is 0.806 bits per heavy atom. The number of benzene rings is 2. The van der Waals surface area contributed by atoms with E-state index >= 15 is 0 Å². The van der Waals surface area contributed by atoms with Gasteiger partial charge in [0.15, 0.2) is 0 Å². The molecule has 4 nitrogen and oxygen atoms in total. The standard InChI is InChI=1S/C32H50NO3/c1-5-6-7-8-9-10-11-13-17-29-21-23-31(24-22-29)36-28(2)27-35-32(34)20-16-25-33(3,4)26-30-18-14-12-15-19-30/h12,14-15,18-19,21-24,28H,5-11,13,16-17,20,25-27H2,1-4H3/q+1. The Bertz CT molecular complexity index is 832. The van der Waals surface area contributed by atoms with Crippen molar-refractivity contribution < 1.29 is 18.8 Å². The summed E-state index contributed by atoms with van der Waals surface area (Å²) in [7, 11) is 4.41. The van der Waals surface area contributed by atoms with Crippen molar-refractivity contribution in [3.8, 4) is 5.75 Å². The Balaban J connectivity index is 1.56. The van der Waals surface area contributed by atoms with Crippen molar-refractivity contribution in [1.29, 1.82) is 0 Å². The first-order valence-corrected chi connectivity index (χ1v) is 14.1. The fraction of sp³-hybridized carbons (Fsp3) is 0.594. The van der Waals surface area contributed by atoms with Crippen molar-refractivity contribution in [2.45, 2.75) is 97.1 Å². The van der Waals surface area contributed by atoms with Crippen LogP contribution in [0.15, 0.2) is 54.6 Å². The third-order valence-corrected chi connectivity index (χ3v) is 6.66. The van der Waals surface area contributed by atoms with E-state index in [2.05, 4.69) is 57.4 Å². The van der Waals surface area contributed by atoms with Crippen molar-refractivity contribution in [2.24, 2.45) is 0 Å². The van der Waals surface area contributed by atoms with E-state index in [1.165, 1.54) is 62.5 Å². The van der Waals surface area contributed by atoms with Gasteiger partial charge in [0.1, 0.15) is 25.0 Å². The van der Waals surface area contributed by atoms with Crippen molar-refractivity contribution in [3.05, 3.63) is 65.7 Å². The number of carbonyl (C=O) groups is 1. The molecule has 0 amide bonds. The molecule has 1 atom stereocenters. The Kier molecular flexibility index (Phi) is 14.3. The van der Waals surface area contributed by atoms with Crippen LogP contribution in [-0.2, 0) is 22.5 Å². The van der Waals surface area contributed by atoms with Gasteiger partial charge in [-0.15, -0.1) is 0 Å². The summed E-state index contributed by atoms with van der Waals surface area (Å²) in [5, 5.41) is 0. The monoisotopic (exact) mass is 496 g/mol. The van der Waals surface area contributed by atoms with Gasteiger partial charge in [0.2, 0.25) is 0 Å². The minimum absolute atomic E-state index is 0.147. The van der Waals surface area contributed by atoms with E-state index in [-0.39, 0.29) is 18.7 Å². The van der Waals surface area contributed by atoms with Crippen LogP contribution in [0.2, 0.25) is 0 Å². The molecule has 2 aromatic carbocycles. The van der Waals surface area contributed by atoms with Crippen LogP contribution in [0.3, 0.4) is 0 Å². The minimum Gasteiger partial charge on any atom is -0.487 e. The smallest absolute Gasteiger partial charge is 0.306 e. The van der Waals surface area contributed by atoms with E-state index in [1.54, 1.807) is 0 Å². The molecule has 0 aliphatic heterocycles. The number of rotatable bonds is 19. The zero-order chi connectivity index (χ0) is 26.1. The van der Waals surface area contributed by atoms with Gasteiger partial charge in [-0.1, -0.05) is 94.3 Å². The number of carbonyl (C=O) groups excluding carboxylic acids is 1. The highest BCUT2D eigenvalue weighted by molar-refractivity contribution is 5.69. The largest absolute Gasteiger partial charge is 0.487 e. The number of aryl methyl sites for hydroxylation is 1. The molecule has 0 saturated heterocycles. The summed E-state index contributed by atoms with van der Waals surface area (Å²) in [4.78, 5) is 12.2. The first-order chi connectivity index (χ1) is 17.4. The third kappa shape index (κ3) is 13.7. The lowest BCUT2D eigenvalue weighted by atomic mass is 10.0. The Labute approximate surface area is 220 Å². The maximum Gasteiger partial charge on any atom is 0.306 e. The van der Waals surface area contributed by atoms with Gasteiger partial charge in [-0.3, -0.25) is 4.79 Å². The summed E-state index contributed by atoms with van der Waals surface area (Å²) >= 11 is 0. The summed E-state index contributed by atoms with van der Waals surface area (Å²) in [5.41, 5.74) is 2.68. The Morgan fingerprint density at radius 2 is 1.44 bits per heavy atom. The topological polar surface area (TPSA) is 35.5 Å². The molecule has 2 aromatic rings. The number of hydrogen-bond acceptors (Lipinski definition) is 3. The van der Waals surface area contributed by atoms with Gasteiger partial charge in [-0.2, -0.15) is 0 Å². The Hall–Kier alpha value is -2.33. The van der Waals surface area contributed by atoms with Gasteiger partial charge in [-0.25, -0.2) is 0 Å². The molecule has 0 N–H and O–H groups in total. The molecule has 0 saturated carbocycles. The molecule has 0 aliphatic carbocycles. The maximum atomic E-state index is 12.2. The van der Waals surface area contributed by atoms with Crippen molar-refractivity contribution in [3.63, 3.8) is 0 Å². The van der Waals surface area contributed by atoms with Crippen LogP contribution in [0, 0.1) is 0 Å². The van der Waals surface area contributed by atoms with Gasteiger partial charge < -0.3 is 14.0 Å². The fourth-order valence-electron chi connectivity index (χ4n) is 4.55. The van der Waals surface area contributed by atoms with E-state index in [4.69, 9.17) is 9.47 Å². The maximum absolute atomic E-state index is 12.2. The molecule has 0 spiro atoms. The molecule has 0 aliphatic rings. The zero-order valence-electron chi connectivity index (χ0n) is 23.3. The van der Waals surface area contributed by atoms with Crippen LogP contribution in [0.4, 0.5) is 0 Å². The average molecular weight is 497 g/mol. The van der Waals surface area contributed by atoms with E-state index in [0.717, 1.165) is 36.2 Å². The Morgan fingerprint density at radius 3 is 2.11 bits per heavy atom. The second-order valence-electron chi connectivity index (χ2n) is 10.9. The molecule has 0 aromatic heterocycles. The second kappa shape index (κ2) is 17.2. The summed E-state index contributed by atoms with van der Waals surface area (Å²) in [6.07, 6.45) is 13.0. The zero-order valence-corrected chi connectivity index (χ0v) is 23.3. The third-order valence-electron chi connectivity index (χ3n) is 6.66. The van der Waals surface area contributed by atoms with Gasteiger partial charge in [0.25, 0.3) is 0 Å². The molecular weight excluding hydrogens is 446 g/mol. The van der Waals surface area contributed by atoms with Crippen LogP contribution >= 0.6 is 0 Å². The molecular formula is C32H50NO3+. The van der Waals surface area contributed by atoms with Crippen molar-refractivity contribution in [1.82, 2.24) is 0 Å². The number of unbranched alkanes of at least 4 members (excludes halogenated alkanes) is 7. The van der Waals surface area contributed by atoms with Gasteiger partial charge in [-0.05, 0) is 37.5 Å². The quantitative estimate of drug-likeness (QED) is 0.113. The number of quaternary nitrogens is 1. The van der Waals surface area contributed by atoms with Crippen molar-refractivity contribution >= 4 is 5.97 Å². The molecule has 200 valence electrons. The molecule has 0 fully saturated rings. The number of hydrogen-bond donors (Lipinski definition) is 0. The van der Waals surface area contributed by atoms with Crippen LogP contribution < -0.4 is 4.74 Å². The molecule has 4 heteroatoms. The van der Waals surface area contributed by atoms with Crippen LogP contribution in [0.25, 0.3) is 0 Å². The minimum atomic E-state index is -0.169. The second-order valence-corrected chi connectivity index (χ2v) is 10.9. The average Bonchev–Trinajstić information content (AvgIpc) is 2.85. The predicted octanol–water partition coefficient (Wildman–Crippen LogP) is 7.74. The highest BCUT2D eigenvalue weighted by Crippen LogP contribution is 2.17. The summed E-state index contributed by atoms with van der Waals surface area (Å²) in [6, 6.07) is 18.9. The van der Waals surface area contributed by atoms with Gasteiger partial charge in [0.05, 0.1) is 27.1 Å². The normalized spacial score (nSPS) is 12.3. The van der Waals surface area contributed by atoms with E-state index in [9.17, 15) is 4.79 Å². The molecule has 0 heterocycles. The fourth-order valence-corrected chi connectivity index (χ4v) is 4.55. The highest BCUT2D eigenvalue weighted by atomic mass is 16.6. The van der Waals surface area contributed by atoms with Crippen molar-refractivity contribution in [2.75, 3.05) is 27.2 Å². The van der Waals surface area contributed by atoms with Gasteiger partial charge >= 0.3 is 5.97 Å². The molecule has 2 rings (SSSR count). The molecule has 0 radical (unpaired) electrons. The van der Waals surface area contributed by atoms with Crippen LogP contribution in [0.1, 0.15) is 89.2 Å². The summed E-state index contributed by atoms with van der Waals surface area (Å²) in [5.74, 6) is 0.684. The summed E-state index contributed by atoms with van der Waals surface area (Å²) < 4.78 is 12.3.